The molecule has 4 rings (SSSR count). The van der Waals surface area contributed by atoms with Crippen LogP contribution in [0.2, 0.25) is 5.02 Å². The number of rotatable bonds is 6. The van der Waals surface area contributed by atoms with E-state index < -0.39 is 12.0 Å². The van der Waals surface area contributed by atoms with Gasteiger partial charge in [-0.15, -0.1) is 0 Å². The van der Waals surface area contributed by atoms with Gasteiger partial charge >= 0.3 is 5.97 Å². The monoisotopic (exact) mass is 462 g/mol. The summed E-state index contributed by atoms with van der Waals surface area (Å²) < 4.78 is 0. The number of carbonyl (C=O) groups excluding carboxylic acids is 2. The molecule has 33 heavy (non-hydrogen) atoms. The van der Waals surface area contributed by atoms with Crippen molar-refractivity contribution in [3.8, 4) is 11.1 Å². The molecule has 0 saturated carbocycles. The molecule has 0 radical (unpaired) electrons. The van der Waals surface area contributed by atoms with Gasteiger partial charge in [-0.2, -0.15) is 0 Å². The van der Waals surface area contributed by atoms with Crippen molar-refractivity contribution in [1.82, 2.24) is 4.90 Å². The summed E-state index contributed by atoms with van der Waals surface area (Å²) in [7, 11) is 0. The molecule has 6 nitrogen and oxygen atoms in total. The van der Waals surface area contributed by atoms with Gasteiger partial charge in [-0.25, -0.2) is 4.79 Å². The number of amides is 2. The van der Waals surface area contributed by atoms with Gasteiger partial charge < -0.3 is 15.3 Å². The molecule has 1 aliphatic rings. The van der Waals surface area contributed by atoms with Crippen LogP contribution in [0.1, 0.15) is 40.1 Å². The molecular formula is C26H23ClN2O4. The lowest BCUT2D eigenvalue weighted by Crippen LogP contribution is -2.44. The predicted octanol–water partition coefficient (Wildman–Crippen LogP) is 5.32. The van der Waals surface area contributed by atoms with Crippen molar-refractivity contribution in [1.29, 1.82) is 0 Å². The van der Waals surface area contributed by atoms with Crippen LogP contribution in [0.25, 0.3) is 11.1 Å². The van der Waals surface area contributed by atoms with Crippen molar-refractivity contribution in [3.05, 3.63) is 88.4 Å². The van der Waals surface area contributed by atoms with E-state index in [2.05, 4.69) is 5.32 Å². The molecule has 1 heterocycles. The van der Waals surface area contributed by atoms with Crippen LogP contribution in [0, 0.1) is 5.92 Å². The fourth-order valence-corrected chi connectivity index (χ4v) is 4.20. The van der Waals surface area contributed by atoms with Crippen molar-refractivity contribution in [3.63, 3.8) is 0 Å². The van der Waals surface area contributed by atoms with Crippen LogP contribution in [0.5, 0.6) is 0 Å². The fraction of sp³-hybridized carbons (Fsp3) is 0.192. The second-order valence-corrected chi connectivity index (χ2v) is 8.81. The summed E-state index contributed by atoms with van der Waals surface area (Å²) in [5, 5.41) is 13.0. The largest absolute Gasteiger partial charge is 0.480 e. The maximum atomic E-state index is 12.8. The van der Waals surface area contributed by atoms with Gasteiger partial charge in [0.2, 0.25) is 0 Å². The number of halogens is 1. The summed E-state index contributed by atoms with van der Waals surface area (Å²) in [6.45, 7) is 3.87. The highest BCUT2D eigenvalue weighted by atomic mass is 35.5. The van der Waals surface area contributed by atoms with Crippen molar-refractivity contribution in [2.24, 2.45) is 5.92 Å². The fourth-order valence-electron chi connectivity index (χ4n) is 4.08. The van der Waals surface area contributed by atoms with E-state index in [1.165, 1.54) is 4.90 Å². The van der Waals surface area contributed by atoms with Gasteiger partial charge in [0.15, 0.2) is 0 Å². The number of carboxylic acids is 1. The molecule has 1 aliphatic heterocycles. The molecule has 0 saturated heterocycles. The first-order valence-corrected chi connectivity index (χ1v) is 11.0. The minimum Gasteiger partial charge on any atom is -0.480 e. The SMILES string of the molecule is CC(C)C(C(=O)O)N1Cc2cc(-c3ccc(NC(=O)c4ccc(Cl)cc4)cc3)ccc2C1=O. The third-order valence-electron chi connectivity index (χ3n) is 5.74. The molecule has 0 aromatic heterocycles. The molecule has 0 fully saturated rings. The Balaban J connectivity index is 1.51. The number of hydrogen-bond donors (Lipinski definition) is 2. The third-order valence-corrected chi connectivity index (χ3v) is 5.99. The summed E-state index contributed by atoms with van der Waals surface area (Å²) in [4.78, 5) is 38.3. The van der Waals surface area contributed by atoms with E-state index in [4.69, 9.17) is 11.6 Å². The van der Waals surface area contributed by atoms with Gasteiger partial charge in [0, 0.05) is 28.4 Å². The zero-order valence-corrected chi connectivity index (χ0v) is 19.0. The van der Waals surface area contributed by atoms with Crippen LogP contribution in [0.15, 0.2) is 66.7 Å². The summed E-state index contributed by atoms with van der Waals surface area (Å²) >= 11 is 5.87. The summed E-state index contributed by atoms with van der Waals surface area (Å²) in [6.07, 6.45) is 0. The Hall–Kier alpha value is -3.64. The van der Waals surface area contributed by atoms with Crippen LogP contribution in [0.3, 0.4) is 0 Å². The van der Waals surface area contributed by atoms with Gasteiger partial charge in [0.1, 0.15) is 6.04 Å². The lowest BCUT2D eigenvalue weighted by Gasteiger charge is -2.27. The molecule has 168 valence electrons. The highest BCUT2D eigenvalue weighted by molar-refractivity contribution is 6.30. The van der Waals surface area contributed by atoms with E-state index in [0.29, 0.717) is 21.8 Å². The average Bonchev–Trinajstić information content (AvgIpc) is 3.09. The number of anilines is 1. The summed E-state index contributed by atoms with van der Waals surface area (Å²) in [5.41, 5.74) is 4.35. The number of hydrogen-bond acceptors (Lipinski definition) is 3. The number of nitrogens with one attached hydrogen (secondary N) is 1. The molecule has 2 N–H and O–H groups in total. The summed E-state index contributed by atoms with van der Waals surface area (Å²) in [6, 6.07) is 18.7. The van der Waals surface area contributed by atoms with Crippen LogP contribution >= 0.6 is 11.6 Å². The van der Waals surface area contributed by atoms with Crippen molar-refractivity contribution in [2.45, 2.75) is 26.4 Å². The van der Waals surface area contributed by atoms with Gasteiger partial charge in [0.05, 0.1) is 0 Å². The zero-order chi connectivity index (χ0) is 23.7. The average molecular weight is 463 g/mol. The summed E-state index contributed by atoms with van der Waals surface area (Å²) in [5.74, 6) is -1.68. The second kappa shape index (κ2) is 9.08. The van der Waals surface area contributed by atoms with E-state index in [1.54, 1.807) is 44.2 Å². The van der Waals surface area contributed by atoms with Crippen LogP contribution in [-0.2, 0) is 11.3 Å². The Bertz CT molecular complexity index is 1220. The van der Waals surface area contributed by atoms with E-state index in [1.807, 2.05) is 36.4 Å². The van der Waals surface area contributed by atoms with Crippen LogP contribution in [0.4, 0.5) is 5.69 Å². The van der Waals surface area contributed by atoms with Gasteiger partial charge in [-0.3, -0.25) is 9.59 Å². The smallest absolute Gasteiger partial charge is 0.326 e. The highest BCUT2D eigenvalue weighted by Gasteiger charge is 2.38. The van der Waals surface area contributed by atoms with E-state index in [0.717, 1.165) is 16.7 Å². The molecule has 0 bridgehead atoms. The highest BCUT2D eigenvalue weighted by Crippen LogP contribution is 2.31. The molecule has 2 amide bonds. The Kier molecular flexibility index (Phi) is 6.20. The lowest BCUT2D eigenvalue weighted by molar-refractivity contribution is -0.144. The first kappa shape index (κ1) is 22.6. The molecule has 7 heteroatoms. The van der Waals surface area contributed by atoms with Gasteiger partial charge in [0.25, 0.3) is 11.8 Å². The van der Waals surface area contributed by atoms with Crippen molar-refractivity contribution in [2.75, 3.05) is 5.32 Å². The maximum absolute atomic E-state index is 12.8. The Labute approximate surface area is 196 Å². The molecule has 0 aliphatic carbocycles. The minimum absolute atomic E-state index is 0.198. The van der Waals surface area contributed by atoms with Crippen molar-refractivity contribution < 1.29 is 19.5 Å². The van der Waals surface area contributed by atoms with E-state index >= 15 is 0 Å². The minimum atomic E-state index is -0.998. The second-order valence-electron chi connectivity index (χ2n) is 8.37. The Morgan fingerprint density at radius 1 is 0.970 bits per heavy atom. The number of fused-ring (bicyclic) bond motifs is 1. The van der Waals surface area contributed by atoms with Crippen molar-refractivity contribution >= 4 is 35.1 Å². The number of carboxylic acid groups (broad SMARTS) is 1. The van der Waals surface area contributed by atoms with E-state index in [-0.39, 0.29) is 24.3 Å². The van der Waals surface area contributed by atoms with Crippen LogP contribution in [-0.4, -0.2) is 33.8 Å². The standard InChI is InChI=1S/C26H23ClN2O4/c1-15(2)23(26(32)33)29-14-19-13-18(7-12-22(19)25(29)31)16-5-10-21(11-6-16)28-24(30)17-3-8-20(27)9-4-17/h3-13,15,23H,14H2,1-2H3,(H,28,30)(H,32,33). The topological polar surface area (TPSA) is 86.7 Å². The quantitative estimate of drug-likeness (QED) is 0.518. The first-order chi connectivity index (χ1) is 15.7. The first-order valence-electron chi connectivity index (χ1n) is 10.6. The number of nitrogens with zero attached hydrogens (tertiary/aromatic N) is 1. The predicted molar refractivity (Wildman–Crippen MR) is 127 cm³/mol. The normalized spacial score (nSPS) is 13.7. The molecule has 3 aromatic rings. The Morgan fingerprint density at radius 2 is 1.61 bits per heavy atom. The number of benzene rings is 3. The van der Waals surface area contributed by atoms with Gasteiger partial charge in [-0.1, -0.05) is 43.6 Å². The van der Waals surface area contributed by atoms with Gasteiger partial charge in [-0.05, 0) is 71.1 Å². The molecule has 1 atom stereocenters. The maximum Gasteiger partial charge on any atom is 0.326 e. The molecular weight excluding hydrogens is 440 g/mol. The molecule has 3 aromatic carbocycles. The number of aliphatic carboxylic acids is 1. The number of carbonyl (C=O) groups is 3. The zero-order valence-electron chi connectivity index (χ0n) is 18.2. The Morgan fingerprint density at radius 3 is 2.21 bits per heavy atom. The molecule has 0 spiro atoms. The third kappa shape index (κ3) is 4.61. The lowest BCUT2D eigenvalue weighted by atomic mass is 10.0. The molecule has 1 unspecified atom stereocenters. The van der Waals surface area contributed by atoms with E-state index in [9.17, 15) is 19.5 Å². The van der Waals surface area contributed by atoms with Crippen LogP contribution < -0.4 is 5.32 Å².